The van der Waals surface area contributed by atoms with Crippen molar-refractivity contribution in [3.05, 3.63) is 90.5 Å². The van der Waals surface area contributed by atoms with Crippen LogP contribution in [0.15, 0.2) is 72.8 Å². The van der Waals surface area contributed by atoms with Gasteiger partial charge in [-0.3, -0.25) is 4.39 Å². The van der Waals surface area contributed by atoms with Crippen LogP contribution in [0, 0.1) is 11.9 Å². The molecule has 0 saturated heterocycles. The molecule has 0 saturated carbocycles. The van der Waals surface area contributed by atoms with Gasteiger partial charge in [-0.1, -0.05) is 62.4 Å². The van der Waals surface area contributed by atoms with E-state index in [0.29, 0.717) is 11.4 Å². The summed E-state index contributed by atoms with van der Waals surface area (Å²) in [6, 6.07) is 25.8. The molecule has 0 unspecified atom stereocenters. The summed E-state index contributed by atoms with van der Waals surface area (Å²) >= 11 is 0. The molecule has 0 aliphatic heterocycles. The fourth-order valence-electron chi connectivity index (χ4n) is 3.16. The van der Waals surface area contributed by atoms with E-state index >= 15 is 0 Å². The summed E-state index contributed by atoms with van der Waals surface area (Å²) in [4.78, 5) is 0. The fourth-order valence-corrected chi connectivity index (χ4v) is 3.16. The van der Waals surface area contributed by atoms with E-state index < -0.39 is 0 Å². The van der Waals surface area contributed by atoms with Crippen molar-refractivity contribution in [2.75, 3.05) is 0 Å². The predicted molar refractivity (Wildman–Crippen MR) is 105 cm³/mol. The first kappa shape index (κ1) is 20.1. The Hall–Kier alpha value is -2.62. The first-order valence-corrected chi connectivity index (χ1v) is 8.93. The van der Waals surface area contributed by atoms with Crippen molar-refractivity contribution >= 4 is 0 Å². The van der Waals surface area contributed by atoms with E-state index in [4.69, 9.17) is 0 Å². The molecule has 0 N–H and O–H groups in total. The van der Waals surface area contributed by atoms with Crippen molar-refractivity contribution in [3.63, 3.8) is 0 Å². The van der Waals surface area contributed by atoms with Gasteiger partial charge in [0, 0.05) is 43.1 Å². The van der Waals surface area contributed by atoms with Crippen LogP contribution in [0.3, 0.4) is 0 Å². The van der Waals surface area contributed by atoms with Crippen molar-refractivity contribution < 1.29 is 24.5 Å². The summed E-state index contributed by atoms with van der Waals surface area (Å²) in [6.45, 7) is 4.17. The minimum atomic E-state index is -0.321. The Morgan fingerprint density at radius 2 is 1.61 bits per heavy atom. The molecule has 1 radical (unpaired) electrons. The Kier molecular flexibility index (Phi) is 6.18. The second kappa shape index (κ2) is 8.59. The minimum Gasteiger partial charge on any atom is -0.319 e. The van der Waals surface area contributed by atoms with Crippen LogP contribution in [0.25, 0.3) is 28.2 Å². The topological polar surface area (TPSA) is 30.7 Å². The molecule has 0 bridgehead atoms. The van der Waals surface area contributed by atoms with Gasteiger partial charge in [-0.15, -0.1) is 34.9 Å². The number of halogens is 1. The molecular formula is C23H19FIrN3-. The molecule has 143 valence electrons. The third-order valence-electron chi connectivity index (χ3n) is 4.45. The molecule has 0 fully saturated rings. The summed E-state index contributed by atoms with van der Waals surface area (Å²) < 4.78 is 15.4. The third-order valence-corrected chi connectivity index (χ3v) is 4.45. The van der Waals surface area contributed by atoms with Gasteiger partial charge in [0.2, 0.25) is 0 Å². The summed E-state index contributed by atoms with van der Waals surface area (Å²) in [5, 5.41) is 8.83. The van der Waals surface area contributed by atoms with Gasteiger partial charge in [-0.25, -0.2) is 0 Å². The molecule has 3 aromatic carbocycles. The van der Waals surface area contributed by atoms with Gasteiger partial charge < -0.3 is 4.57 Å². The van der Waals surface area contributed by atoms with E-state index in [2.05, 4.69) is 58.9 Å². The number of aromatic nitrogens is 3. The van der Waals surface area contributed by atoms with Crippen LogP contribution in [-0.2, 0) is 20.1 Å². The maximum Gasteiger partial charge on any atom is 0.131 e. The zero-order chi connectivity index (χ0) is 18.8. The van der Waals surface area contributed by atoms with Crippen LogP contribution in [0.5, 0.6) is 0 Å². The van der Waals surface area contributed by atoms with E-state index in [0.717, 1.165) is 22.6 Å². The van der Waals surface area contributed by atoms with E-state index in [1.54, 1.807) is 6.07 Å². The van der Waals surface area contributed by atoms with Crippen LogP contribution < -0.4 is 0 Å². The van der Waals surface area contributed by atoms with E-state index in [-0.39, 0.29) is 31.8 Å². The Morgan fingerprint density at radius 1 is 0.893 bits per heavy atom. The van der Waals surface area contributed by atoms with Gasteiger partial charge in [0.05, 0.1) is 5.82 Å². The number of nitrogens with zero attached hydrogens (tertiary/aromatic N) is 3. The maximum absolute atomic E-state index is 13.4. The van der Waals surface area contributed by atoms with Crippen LogP contribution in [0.1, 0.15) is 25.6 Å². The van der Waals surface area contributed by atoms with Gasteiger partial charge in [0.15, 0.2) is 0 Å². The second-order valence-electron chi connectivity index (χ2n) is 6.68. The molecular weight excluding hydrogens is 529 g/mol. The molecule has 0 spiro atoms. The zero-order valence-electron chi connectivity index (χ0n) is 15.6. The molecule has 0 atom stereocenters. The van der Waals surface area contributed by atoms with Gasteiger partial charge in [-0.2, -0.15) is 5.10 Å². The first-order valence-electron chi connectivity index (χ1n) is 8.93. The Morgan fingerprint density at radius 3 is 2.29 bits per heavy atom. The summed E-state index contributed by atoms with van der Waals surface area (Å²) in [5.41, 5.74) is 3.90. The van der Waals surface area contributed by atoms with Gasteiger partial charge in [-0.05, 0) is 11.6 Å². The van der Waals surface area contributed by atoms with Crippen molar-refractivity contribution in [2.24, 2.45) is 0 Å². The van der Waals surface area contributed by atoms with Crippen LogP contribution >= 0.6 is 0 Å². The Bertz CT molecular complexity index is 1060. The third kappa shape index (κ3) is 3.82. The molecule has 5 heteroatoms. The minimum absolute atomic E-state index is 0. The predicted octanol–water partition coefficient (Wildman–Crippen LogP) is 5.66. The van der Waals surface area contributed by atoms with Crippen LogP contribution in [0.4, 0.5) is 4.39 Å². The zero-order valence-corrected chi connectivity index (χ0v) is 18.0. The molecule has 28 heavy (non-hydrogen) atoms. The van der Waals surface area contributed by atoms with Gasteiger partial charge >= 0.3 is 0 Å². The number of benzene rings is 3. The largest absolute Gasteiger partial charge is 0.319 e. The molecule has 3 nitrogen and oxygen atoms in total. The standard InChI is InChI=1S/C23H19FN3.Ir/c1-16(2)22-25-26-23(18-12-14-19(24)15-13-18)27(22)21-11-7-6-10-20(21)17-8-4-3-5-9-17;/h3-12,14-16H,1-2H3;/q-1;. The van der Waals surface area contributed by atoms with E-state index in [9.17, 15) is 4.39 Å². The quantitative estimate of drug-likeness (QED) is 0.308. The molecule has 4 rings (SSSR count). The smallest absolute Gasteiger partial charge is 0.131 e. The van der Waals surface area contributed by atoms with Crippen molar-refractivity contribution in [1.82, 2.24) is 14.8 Å². The van der Waals surface area contributed by atoms with Gasteiger partial charge in [0.1, 0.15) is 5.82 Å². The van der Waals surface area contributed by atoms with Crippen molar-refractivity contribution in [1.29, 1.82) is 0 Å². The Labute approximate surface area is 177 Å². The molecule has 1 heterocycles. The van der Waals surface area contributed by atoms with Crippen molar-refractivity contribution in [3.8, 4) is 28.2 Å². The summed E-state index contributed by atoms with van der Waals surface area (Å²) in [6.07, 6.45) is 0. The van der Waals surface area contributed by atoms with E-state index in [1.807, 2.05) is 30.3 Å². The number of rotatable bonds is 4. The van der Waals surface area contributed by atoms with Crippen LogP contribution in [-0.4, -0.2) is 14.8 Å². The monoisotopic (exact) mass is 549 g/mol. The van der Waals surface area contributed by atoms with Crippen molar-refractivity contribution in [2.45, 2.75) is 19.8 Å². The summed E-state index contributed by atoms with van der Waals surface area (Å²) in [5.74, 6) is 1.36. The first-order chi connectivity index (χ1) is 13.1. The Balaban J connectivity index is 0.00000225. The second-order valence-corrected chi connectivity index (χ2v) is 6.68. The maximum atomic E-state index is 13.4. The summed E-state index contributed by atoms with van der Waals surface area (Å²) in [7, 11) is 0. The van der Waals surface area contributed by atoms with Crippen LogP contribution in [0.2, 0.25) is 0 Å². The number of hydrogen-bond acceptors (Lipinski definition) is 2. The molecule has 1 aromatic heterocycles. The normalized spacial score (nSPS) is 10.7. The average Bonchev–Trinajstić information content (AvgIpc) is 3.14. The number of para-hydroxylation sites is 1. The molecule has 0 amide bonds. The van der Waals surface area contributed by atoms with E-state index in [1.165, 1.54) is 12.1 Å². The molecule has 0 aliphatic carbocycles. The number of hydrogen-bond donors (Lipinski definition) is 0. The average molecular weight is 549 g/mol. The fraction of sp³-hybridized carbons (Fsp3) is 0.130. The molecule has 0 aliphatic rings. The van der Waals surface area contributed by atoms with Gasteiger partial charge in [0.25, 0.3) is 0 Å². The SMILES string of the molecule is CC(C)c1nnc(-c2[c-]cc(F)cc2)n1-c1ccccc1-c1ccccc1.[Ir]. The molecule has 4 aromatic rings.